The lowest BCUT2D eigenvalue weighted by atomic mass is 9.75. The van der Waals surface area contributed by atoms with Crippen molar-refractivity contribution < 1.29 is 14.3 Å². The topological polar surface area (TPSA) is 47.6 Å². The Hall–Kier alpha value is -1.55. The molecule has 1 fully saturated rings. The van der Waals surface area contributed by atoms with Crippen LogP contribution < -0.4 is 10.1 Å². The summed E-state index contributed by atoms with van der Waals surface area (Å²) in [5.41, 5.74) is 0.714. The molecule has 4 nitrogen and oxygen atoms in total. The number of carbonyl (C=O) groups is 1. The lowest BCUT2D eigenvalue weighted by Crippen LogP contribution is -2.47. The third kappa shape index (κ3) is 3.31. The van der Waals surface area contributed by atoms with E-state index in [1.165, 1.54) is 0 Å². The van der Waals surface area contributed by atoms with Crippen molar-refractivity contribution in [2.24, 2.45) is 5.41 Å². The molecule has 1 N–H and O–H groups in total. The summed E-state index contributed by atoms with van der Waals surface area (Å²) in [4.78, 5) is 12.4. The van der Waals surface area contributed by atoms with E-state index in [-0.39, 0.29) is 5.97 Å². The van der Waals surface area contributed by atoms with E-state index in [1.54, 1.807) is 7.11 Å². The number of nitrogens with one attached hydrogen (secondary N) is 1. The zero-order valence-electron chi connectivity index (χ0n) is 12.3. The number of hydrogen-bond acceptors (Lipinski definition) is 4. The molecule has 1 aliphatic heterocycles. The van der Waals surface area contributed by atoms with Crippen molar-refractivity contribution in [1.29, 1.82) is 0 Å². The molecule has 110 valence electrons. The second-order valence-corrected chi connectivity index (χ2v) is 5.31. The molecule has 4 heteroatoms. The molecule has 2 rings (SSSR count). The molecule has 0 aromatic heterocycles. The van der Waals surface area contributed by atoms with Gasteiger partial charge in [0.05, 0.1) is 19.1 Å². The van der Waals surface area contributed by atoms with E-state index >= 15 is 0 Å². The van der Waals surface area contributed by atoms with E-state index in [2.05, 4.69) is 5.32 Å². The van der Waals surface area contributed by atoms with Crippen LogP contribution in [0.1, 0.15) is 25.3 Å². The predicted molar refractivity (Wildman–Crippen MR) is 77.9 cm³/mol. The molecule has 20 heavy (non-hydrogen) atoms. The molecule has 1 heterocycles. The highest BCUT2D eigenvalue weighted by Gasteiger charge is 2.41. The van der Waals surface area contributed by atoms with Gasteiger partial charge in [0.25, 0.3) is 0 Å². The number of ether oxygens (including phenoxy) is 2. The Morgan fingerprint density at radius 2 is 2.10 bits per heavy atom. The Labute approximate surface area is 120 Å². The van der Waals surface area contributed by atoms with Gasteiger partial charge in [0, 0.05) is 6.54 Å². The first kappa shape index (κ1) is 14.9. The van der Waals surface area contributed by atoms with Crippen molar-refractivity contribution in [2.45, 2.75) is 26.2 Å². The van der Waals surface area contributed by atoms with Crippen LogP contribution >= 0.6 is 0 Å². The minimum Gasteiger partial charge on any atom is -0.497 e. The van der Waals surface area contributed by atoms with Gasteiger partial charge in [-0.25, -0.2) is 0 Å². The highest BCUT2D eigenvalue weighted by molar-refractivity contribution is 5.77. The van der Waals surface area contributed by atoms with Gasteiger partial charge in [0.1, 0.15) is 5.75 Å². The van der Waals surface area contributed by atoms with Crippen LogP contribution in [-0.2, 0) is 16.0 Å². The average molecular weight is 277 g/mol. The fourth-order valence-electron chi connectivity index (χ4n) is 2.78. The number of esters is 1. The summed E-state index contributed by atoms with van der Waals surface area (Å²) >= 11 is 0. The molecule has 0 spiro atoms. The van der Waals surface area contributed by atoms with Crippen molar-refractivity contribution in [3.63, 3.8) is 0 Å². The minimum atomic E-state index is -0.428. The maximum Gasteiger partial charge on any atom is 0.313 e. The van der Waals surface area contributed by atoms with E-state index in [0.717, 1.165) is 30.7 Å². The third-order valence-electron chi connectivity index (χ3n) is 3.88. The molecule has 1 aromatic rings. The molecule has 0 saturated carbocycles. The van der Waals surface area contributed by atoms with Crippen LogP contribution in [-0.4, -0.2) is 32.8 Å². The van der Waals surface area contributed by atoms with E-state index < -0.39 is 5.41 Å². The third-order valence-corrected chi connectivity index (χ3v) is 3.88. The number of carbonyl (C=O) groups excluding carboxylic acids is 1. The highest BCUT2D eigenvalue weighted by atomic mass is 16.5. The summed E-state index contributed by atoms with van der Waals surface area (Å²) < 4.78 is 10.5. The van der Waals surface area contributed by atoms with E-state index in [9.17, 15) is 4.79 Å². The predicted octanol–water partition coefficient (Wildman–Crippen LogP) is 2.17. The van der Waals surface area contributed by atoms with Crippen LogP contribution in [0.4, 0.5) is 0 Å². The van der Waals surface area contributed by atoms with Crippen LogP contribution in [0.2, 0.25) is 0 Å². The van der Waals surface area contributed by atoms with Crippen LogP contribution in [0.25, 0.3) is 0 Å². The second kappa shape index (κ2) is 6.75. The van der Waals surface area contributed by atoms with Crippen molar-refractivity contribution in [3.05, 3.63) is 29.8 Å². The maximum absolute atomic E-state index is 12.4. The van der Waals surface area contributed by atoms with Gasteiger partial charge in [-0.3, -0.25) is 4.79 Å². The van der Waals surface area contributed by atoms with Crippen LogP contribution in [0.15, 0.2) is 24.3 Å². The second-order valence-electron chi connectivity index (χ2n) is 5.31. The van der Waals surface area contributed by atoms with Crippen LogP contribution in [0.3, 0.4) is 0 Å². The first-order valence-electron chi connectivity index (χ1n) is 7.21. The Balaban J connectivity index is 2.15. The average Bonchev–Trinajstić information content (AvgIpc) is 2.49. The maximum atomic E-state index is 12.4. The van der Waals surface area contributed by atoms with Gasteiger partial charge < -0.3 is 14.8 Å². The Morgan fingerprint density at radius 1 is 1.35 bits per heavy atom. The van der Waals surface area contributed by atoms with E-state index in [1.807, 2.05) is 31.2 Å². The number of rotatable bonds is 5. The monoisotopic (exact) mass is 277 g/mol. The smallest absolute Gasteiger partial charge is 0.313 e. The largest absolute Gasteiger partial charge is 0.497 e. The summed E-state index contributed by atoms with van der Waals surface area (Å²) in [7, 11) is 1.65. The number of benzene rings is 1. The van der Waals surface area contributed by atoms with Gasteiger partial charge in [-0.15, -0.1) is 0 Å². The summed E-state index contributed by atoms with van der Waals surface area (Å²) in [6.45, 7) is 3.96. The van der Waals surface area contributed by atoms with Gasteiger partial charge in [0.15, 0.2) is 0 Å². The molecular formula is C16H23NO3. The van der Waals surface area contributed by atoms with Crippen molar-refractivity contribution in [3.8, 4) is 5.75 Å². The van der Waals surface area contributed by atoms with E-state index in [4.69, 9.17) is 9.47 Å². The van der Waals surface area contributed by atoms with Gasteiger partial charge in [-0.1, -0.05) is 12.1 Å². The zero-order chi connectivity index (χ0) is 14.4. The molecule has 1 aromatic carbocycles. The molecule has 0 unspecified atom stereocenters. The quantitative estimate of drug-likeness (QED) is 0.838. The lowest BCUT2D eigenvalue weighted by molar-refractivity contribution is -0.156. The van der Waals surface area contributed by atoms with Crippen molar-refractivity contribution >= 4 is 5.97 Å². The molecule has 0 aliphatic carbocycles. The Kier molecular flexibility index (Phi) is 5.01. The molecule has 0 amide bonds. The van der Waals surface area contributed by atoms with Gasteiger partial charge in [0.2, 0.25) is 0 Å². The summed E-state index contributed by atoms with van der Waals surface area (Å²) in [6, 6.07) is 7.91. The van der Waals surface area contributed by atoms with Gasteiger partial charge in [-0.2, -0.15) is 0 Å². The van der Waals surface area contributed by atoms with Crippen LogP contribution in [0.5, 0.6) is 5.75 Å². The number of piperidine rings is 1. The summed E-state index contributed by atoms with van der Waals surface area (Å²) in [5.74, 6) is 0.753. The highest BCUT2D eigenvalue weighted by Crippen LogP contribution is 2.32. The normalized spacial score (nSPS) is 22.3. The molecular weight excluding hydrogens is 254 g/mol. The van der Waals surface area contributed by atoms with E-state index in [0.29, 0.717) is 19.6 Å². The van der Waals surface area contributed by atoms with Crippen molar-refractivity contribution in [1.82, 2.24) is 5.32 Å². The summed E-state index contributed by atoms with van der Waals surface area (Å²) in [5, 5.41) is 3.33. The zero-order valence-corrected chi connectivity index (χ0v) is 12.3. The van der Waals surface area contributed by atoms with Crippen molar-refractivity contribution in [2.75, 3.05) is 26.8 Å². The first-order valence-corrected chi connectivity index (χ1v) is 7.21. The minimum absolute atomic E-state index is 0.0805. The summed E-state index contributed by atoms with van der Waals surface area (Å²) in [6.07, 6.45) is 2.60. The fourth-order valence-corrected chi connectivity index (χ4v) is 2.78. The molecule has 1 atom stereocenters. The molecule has 0 radical (unpaired) electrons. The standard InChI is InChI=1S/C16H23NO3/c1-3-20-15(18)16(9-4-10-17-12-16)11-13-5-7-14(19-2)8-6-13/h5-8,17H,3-4,9-12H2,1-2H3/t16-/m1/s1. The fraction of sp³-hybridized carbons (Fsp3) is 0.562. The van der Waals surface area contributed by atoms with Gasteiger partial charge in [-0.05, 0) is 50.4 Å². The first-order chi connectivity index (χ1) is 9.70. The molecule has 1 saturated heterocycles. The Morgan fingerprint density at radius 3 is 2.65 bits per heavy atom. The number of hydrogen-bond donors (Lipinski definition) is 1. The number of methoxy groups -OCH3 is 1. The van der Waals surface area contributed by atoms with Gasteiger partial charge >= 0.3 is 5.97 Å². The lowest BCUT2D eigenvalue weighted by Gasteiger charge is -2.35. The molecule has 1 aliphatic rings. The SMILES string of the molecule is CCOC(=O)[C@@]1(Cc2ccc(OC)cc2)CCCNC1. The molecule has 0 bridgehead atoms. The van der Waals surface area contributed by atoms with Crippen LogP contribution in [0, 0.1) is 5.41 Å². The Bertz CT molecular complexity index is 436.